The molecule has 5 rings (SSSR count). The molecule has 0 fully saturated rings. The van der Waals surface area contributed by atoms with E-state index in [-0.39, 0.29) is 29.4 Å². The SMILES string of the molecule is COc1ccc([C@H]2CC(=O)C3=C(C2)Nc2ccccc2N(C(=O)C(F)(F)F)[C@@H]3c2ccc(Cl)cc2)cc1. The summed E-state index contributed by atoms with van der Waals surface area (Å²) >= 11 is 6.05. The largest absolute Gasteiger partial charge is 0.497 e. The summed E-state index contributed by atoms with van der Waals surface area (Å²) in [6, 6.07) is 18.5. The monoisotopic (exact) mass is 526 g/mol. The maximum Gasteiger partial charge on any atom is 0.471 e. The fourth-order valence-corrected chi connectivity index (χ4v) is 5.15. The Hall–Kier alpha value is -3.78. The van der Waals surface area contributed by atoms with Crippen molar-refractivity contribution in [3.05, 3.63) is 100 Å². The smallest absolute Gasteiger partial charge is 0.471 e. The molecule has 1 aliphatic carbocycles. The summed E-state index contributed by atoms with van der Waals surface area (Å²) in [6.07, 6.45) is -4.70. The van der Waals surface area contributed by atoms with E-state index in [0.29, 0.717) is 39.0 Å². The second kappa shape index (κ2) is 9.59. The minimum Gasteiger partial charge on any atom is -0.497 e. The summed E-state index contributed by atoms with van der Waals surface area (Å²) in [5.41, 5.74) is 2.23. The number of fused-ring (bicyclic) bond motifs is 1. The number of rotatable bonds is 3. The molecule has 2 atom stereocenters. The molecule has 5 nitrogen and oxygen atoms in total. The van der Waals surface area contributed by atoms with Crippen molar-refractivity contribution < 1.29 is 27.5 Å². The number of hydrogen-bond acceptors (Lipinski definition) is 4. The number of amides is 1. The number of carbonyl (C=O) groups excluding carboxylic acids is 2. The third kappa shape index (κ3) is 4.69. The van der Waals surface area contributed by atoms with Gasteiger partial charge in [-0.2, -0.15) is 13.2 Å². The predicted molar refractivity (Wildman–Crippen MR) is 135 cm³/mol. The van der Waals surface area contributed by atoms with Crippen LogP contribution in [0.3, 0.4) is 0 Å². The van der Waals surface area contributed by atoms with Crippen molar-refractivity contribution in [1.82, 2.24) is 0 Å². The van der Waals surface area contributed by atoms with Gasteiger partial charge < -0.3 is 10.1 Å². The van der Waals surface area contributed by atoms with Crippen molar-refractivity contribution in [2.45, 2.75) is 31.0 Å². The van der Waals surface area contributed by atoms with Gasteiger partial charge in [0.2, 0.25) is 0 Å². The van der Waals surface area contributed by atoms with E-state index in [0.717, 1.165) is 5.56 Å². The number of nitrogens with one attached hydrogen (secondary N) is 1. The first-order valence-electron chi connectivity index (χ1n) is 11.6. The van der Waals surface area contributed by atoms with Crippen LogP contribution in [-0.2, 0) is 9.59 Å². The van der Waals surface area contributed by atoms with Gasteiger partial charge in [-0.3, -0.25) is 14.5 Å². The maximum atomic E-state index is 13.9. The van der Waals surface area contributed by atoms with Gasteiger partial charge in [-0.1, -0.05) is 48.0 Å². The molecule has 1 aliphatic heterocycles. The van der Waals surface area contributed by atoms with E-state index in [1.807, 2.05) is 12.1 Å². The minimum atomic E-state index is -5.16. The lowest BCUT2D eigenvalue weighted by atomic mass is 9.78. The molecule has 0 unspecified atom stereocenters. The molecule has 1 heterocycles. The Kier molecular flexibility index (Phi) is 6.45. The molecular formula is C28H22ClF3N2O3. The number of benzene rings is 3. The predicted octanol–water partition coefficient (Wildman–Crippen LogP) is 6.81. The van der Waals surface area contributed by atoms with Crippen molar-refractivity contribution in [3.8, 4) is 5.75 Å². The van der Waals surface area contributed by atoms with E-state index in [4.69, 9.17) is 16.3 Å². The molecule has 0 saturated carbocycles. The summed E-state index contributed by atoms with van der Waals surface area (Å²) in [4.78, 5) is 27.3. The molecule has 0 aromatic heterocycles. The van der Waals surface area contributed by atoms with Crippen LogP contribution in [-0.4, -0.2) is 25.0 Å². The molecule has 0 radical (unpaired) electrons. The highest BCUT2D eigenvalue weighted by atomic mass is 35.5. The van der Waals surface area contributed by atoms with Crippen LogP contribution in [0, 0.1) is 0 Å². The topological polar surface area (TPSA) is 58.6 Å². The molecule has 190 valence electrons. The summed E-state index contributed by atoms with van der Waals surface area (Å²) in [7, 11) is 1.56. The number of halogens is 4. The van der Waals surface area contributed by atoms with Crippen LogP contribution in [0.4, 0.5) is 24.5 Å². The molecule has 37 heavy (non-hydrogen) atoms. The van der Waals surface area contributed by atoms with Crippen LogP contribution >= 0.6 is 11.6 Å². The molecule has 1 N–H and O–H groups in total. The van der Waals surface area contributed by atoms with Gasteiger partial charge in [0.1, 0.15) is 5.75 Å². The van der Waals surface area contributed by atoms with Crippen molar-refractivity contribution >= 4 is 34.7 Å². The highest BCUT2D eigenvalue weighted by Gasteiger charge is 2.49. The number of methoxy groups -OCH3 is 1. The van der Waals surface area contributed by atoms with Crippen LogP contribution in [0.5, 0.6) is 5.75 Å². The maximum absolute atomic E-state index is 13.9. The lowest BCUT2D eigenvalue weighted by Gasteiger charge is -2.35. The summed E-state index contributed by atoms with van der Waals surface area (Å²) in [5, 5.41) is 3.59. The molecule has 3 aromatic rings. The number of ketones is 1. The number of nitrogens with zero attached hydrogens (tertiary/aromatic N) is 1. The van der Waals surface area contributed by atoms with Crippen LogP contribution < -0.4 is 15.0 Å². The van der Waals surface area contributed by atoms with E-state index in [1.165, 1.54) is 18.2 Å². The third-order valence-electron chi connectivity index (χ3n) is 6.72. The van der Waals surface area contributed by atoms with Gasteiger partial charge in [-0.05, 0) is 59.9 Å². The number of allylic oxidation sites excluding steroid dienone is 1. The van der Waals surface area contributed by atoms with Crippen molar-refractivity contribution in [3.63, 3.8) is 0 Å². The number of Topliss-reactive ketones (excluding diaryl/α,β-unsaturated/α-hetero) is 1. The van der Waals surface area contributed by atoms with E-state index in [9.17, 15) is 22.8 Å². The Balaban J connectivity index is 1.70. The number of carbonyl (C=O) groups is 2. The van der Waals surface area contributed by atoms with Crippen molar-refractivity contribution in [2.75, 3.05) is 17.3 Å². The van der Waals surface area contributed by atoms with E-state index in [2.05, 4.69) is 5.32 Å². The quantitative estimate of drug-likeness (QED) is 0.407. The Morgan fingerprint density at radius 3 is 2.27 bits per heavy atom. The highest BCUT2D eigenvalue weighted by Crippen LogP contribution is 2.48. The first kappa shape index (κ1) is 24.9. The fraction of sp³-hybridized carbons (Fsp3) is 0.214. The van der Waals surface area contributed by atoms with Crippen LogP contribution in [0.2, 0.25) is 5.02 Å². The molecule has 0 bridgehead atoms. The van der Waals surface area contributed by atoms with E-state index in [1.54, 1.807) is 49.6 Å². The van der Waals surface area contributed by atoms with E-state index >= 15 is 0 Å². The van der Waals surface area contributed by atoms with E-state index < -0.39 is 18.1 Å². The van der Waals surface area contributed by atoms with Crippen LogP contribution in [0.25, 0.3) is 0 Å². The second-order valence-corrected chi connectivity index (χ2v) is 9.40. The first-order valence-corrected chi connectivity index (χ1v) is 12.0. The Morgan fingerprint density at radius 1 is 0.973 bits per heavy atom. The second-order valence-electron chi connectivity index (χ2n) is 8.96. The zero-order valence-corrected chi connectivity index (χ0v) is 20.4. The van der Waals surface area contributed by atoms with Gasteiger partial charge in [-0.25, -0.2) is 0 Å². The lowest BCUT2D eigenvalue weighted by Crippen LogP contribution is -2.45. The average molecular weight is 527 g/mol. The zero-order valence-electron chi connectivity index (χ0n) is 19.7. The number of anilines is 2. The van der Waals surface area contributed by atoms with Crippen molar-refractivity contribution in [1.29, 1.82) is 0 Å². The first-order chi connectivity index (χ1) is 17.7. The van der Waals surface area contributed by atoms with Crippen LogP contribution in [0.1, 0.15) is 35.9 Å². The fourth-order valence-electron chi connectivity index (χ4n) is 5.02. The molecule has 3 aromatic carbocycles. The summed E-state index contributed by atoms with van der Waals surface area (Å²) in [6.45, 7) is 0. The van der Waals surface area contributed by atoms with Gasteiger partial charge in [-0.15, -0.1) is 0 Å². The number of para-hydroxylation sites is 2. The Bertz CT molecular complexity index is 1390. The molecular weight excluding hydrogens is 505 g/mol. The van der Waals surface area contributed by atoms with Gasteiger partial charge >= 0.3 is 12.1 Å². The summed E-state index contributed by atoms with van der Waals surface area (Å²) < 4.78 is 47.0. The average Bonchev–Trinajstić information content (AvgIpc) is 3.03. The molecule has 2 aliphatic rings. The molecule has 1 amide bonds. The van der Waals surface area contributed by atoms with Gasteiger partial charge in [0.15, 0.2) is 5.78 Å². The Morgan fingerprint density at radius 2 is 1.62 bits per heavy atom. The lowest BCUT2D eigenvalue weighted by molar-refractivity contribution is -0.170. The number of alkyl halides is 3. The standard InChI is InChI=1S/C28H22ClF3N2O3/c1-37-20-12-8-16(9-13-20)18-14-22-25(24(35)15-18)26(17-6-10-19(29)11-7-17)34(27(36)28(30,31)32)23-5-3-2-4-21(23)33-22/h2-13,18,26,33H,14-15H2,1H3/t18-,26-/m1/s1. The Labute approximate surface area is 216 Å². The zero-order chi connectivity index (χ0) is 26.3. The van der Waals surface area contributed by atoms with Gasteiger partial charge in [0.25, 0.3) is 0 Å². The number of ether oxygens (including phenoxy) is 1. The van der Waals surface area contributed by atoms with Gasteiger partial charge in [0, 0.05) is 22.7 Å². The van der Waals surface area contributed by atoms with Crippen LogP contribution in [0.15, 0.2) is 84.1 Å². The molecule has 0 saturated heterocycles. The summed E-state index contributed by atoms with van der Waals surface area (Å²) in [5.74, 6) is -1.91. The van der Waals surface area contributed by atoms with Crippen molar-refractivity contribution in [2.24, 2.45) is 0 Å². The minimum absolute atomic E-state index is 0.0352. The molecule has 0 spiro atoms. The third-order valence-corrected chi connectivity index (χ3v) is 6.97. The normalized spacial score (nSPS) is 19.5. The molecule has 9 heteroatoms. The highest BCUT2D eigenvalue weighted by molar-refractivity contribution is 6.30. The van der Waals surface area contributed by atoms with Gasteiger partial charge in [0.05, 0.1) is 24.5 Å². The number of hydrogen-bond donors (Lipinski definition) is 1.